The van der Waals surface area contributed by atoms with Crippen molar-refractivity contribution in [3.05, 3.63) is 186 Å². The molecule has 0 atom stereocenters. The molecule has 0 aliphatic rings. The van der Waals surface area contributed by atoms with E-state index >= 15 is 0 Å². The summed E-state index contributed by atoms with van der Waals surface area (Å²) < 4.78 is 9.93. The van der Waals surface area contributed by atoms with Crippen molar-refractivity contribution < 1.29 is 8.83 Å². The average Bonchev–Trinajstić information content (AvgIpc) is 4.16. The van der Waals surface area contributed by atoms with Gasteiger partial charge in [-0.1, -0.05) is 133 Å². The number of benzene rings is 1. The van der Waals surface area contributed by atoms with Crippen LogP contribution in [0.5, 0.6) is 0 Å². The molecular weight excluding hydrogens is 845 g/mol. The van der Waals surface area contributed by atoms with Gasteiger partial charge in [0.1, 0.15) is 11.5 Å². The molecule has 0 aliphatic heterocycles. The van der Waals surface area contributed by atoms with Crippen molar-refractivity contribution in [2.75, 3.05) is 0 Å². The third-order valence-corrected chi connectivity index (χ3v) is 10.3. The van der Waals surface area contributed by atoms with Gasteiger partial charge in [-0.25, -0.2) is 0 Å². The highest BCUT2D eigenvalue weighted by Crippen LogP contribution is 2.13. The number of hydrogen-bond acceptors (Lipinski definition) is 6. The van der Waals surface area contributed by atoms with Crippen LogP contribution in [-0.4, -0.2) is 9.97 Å². The summed E-state index contributed by atoms with van der Waals surface area (Å²) in [5.74, 6) is 2.03. The highest BCUT2D eigenvalue weighted by atomic mass is 32.1. The van der Waals surface area contributed by atoms with Gasteiger partial charge in [-0.05, 0) is 189 Å². The quantitative estimate of drug-likeness (QED) is 0.152. The third kappa shape index (κ3) is 43.4. The van der Waals surface area contributed by atoms with Gasteiger partial charge < -0.3 is 8.83 Å². The molecule has 7 rings (SSSR count). The molecule has 6 heterocycles. The molecule has 6 aromatic heterocycles. The first-order chi connectivity index (χ1) is 31.6. The second-order valence-electron chi connectivity index (χ2n) is 12.5. The smallest absolute Gasteiger partial charge is 0.103 e. The fraction of sp³-hybridized carbons (Fsp3) is 0.467. The highest BCUT2D eigenvalue weighted by molar-refractivity contribution is 7.10. The zero-order valence-corrected chi connectivity index (χ0v) is 49.6. The molecule has 7 aromatic rings. The van der Waals surface area contributed by atoms with E-state index in [2.05, 4.69) is 125 Å². The number of aromatic nitrogens is 2. The molecule has 0 spiro atoms. The monoisotopic (exact) mass is 947 g/mol. The van der Waals surface area contributed by atoms with Crippen LogP contribution in [0.4, 0.5) is 0 Å². The summed E-state index contributed by atoms with van der Waals surface area (Å²) in [5, 5.41) is 4.23. The van der Waals surface area contributed by atoms with Crippen molar-refractivity contribution >= 4 is 22.7 Å². The Morgan fingerprint density at radius 1 is 0.303 bits per heavy atom. The summed E-state index contributed by atoms with van der Waals surface area (Å²) in [5.41, 5.74) is 12.7. The van der Waals surface area contributed by atoms with Gasteiger partial charge in [0, 0.05) is 33.5 Å². The lowest BCUT2D eigenvalue weighted by Gasteiger charge is -1.93. The molecule has 4 nitrogen and oxygen atoms in total. The van der Waals surface area contributed by atoms with Crippen molar-refractivity contribution in [3.63, 3.8) is 0 Å². The van der Waals surface area contributed by atoms with Crippen molar-refractivity contribution in [2.45, 2.75) is 194 Å². The Labute approximate surface area is 418 Å². The summed E-state index contributed by atoms with van der Waals surface area (Å²) in [4.78, 5) is 11.0. The predicted octanol–water partition coefficient (Wildman–Crippen LogP) is 21.4. The molecule has 0 unspecified atom stereocenters. The minimum absolute atomic E-state index is 1.01. The van der Waals surface area contributed by atoms with Crippen LogP contribution in [0.3, 0.4) is 0 Å². The van der Waals surface area contributed by atoms with Crippen molar-refractivity contribution in [3.8, 4) is 0 Å². The minimum atomic E-state index is 1.01. The summed E-state index contributed by atoms with van der Waals surface area (Å²) in [6.07, 6.45) is 7.01. The number of nitrogens with zero attached hydrogens (tertiary/aromatic N) is 2. The summed E-state index contributed by atoms with van der Waals surface area (Å²) in [6.45, 7) is 56.9. The zero-order chi connectivity index (χ0) is 53.1. The number of furan rings is 2. The van der Waals surface area contributed by atoms with E-state index < -0.39 is 0 Å². The lowest BCUT2D eigenvalue weighted by Crippen LogP contribution is -1.81. The molecule has 376 valence electrons. The average molecular weight is 948 g/mol. The molecule has 0 radical (unpaired) electrons. The van der Waals surface area contributed by atoms with Crippen LogP contribution >= 0.6 is 22.7 Å². The SMILES string of the molecule is CC.CC.CC.CC.CC.CC.CC.Cc1ccccc1C.Cc1cccnc1C.Cc1cccnc1C.Cc1ccoc1C.Cc1ccoc1C.Cc1ccsc1C.Cc1ccsc1C. The molecule has 1 aromatic carbocycles. The summed E-state index contributed by atoms with van der Waals surface area (Å²) in [6, 6.07) is 24.6. The Morgan fingerprint density at radius 2 is 0.576 bits per heavy atom. The van der Waals surface area contributed by atoms with E-state index in [0.29, 0.717) is 0 Å². The maximum atomic E-state index is 4.96. The van der Waals surface area contributed by atoms with Crippen LogP contribution < -0.4 is 0 Å². The van der Waals surface area contributed by atoms with Gasteiger partial charge in [-0.2, -0.15) is 0 Å². The summed E-state index contributed by atoms with van der Waals surface area (Å²) >= 11 is 3.61. The van der Waals surface area contributed by atoms with Crippen molar-refractivity contribution in [1.82, 2.24) is 9.97 Å². The van der Waals surface area contributed by atoms with Gasteiger partial charge >= 0.3 is 0 Å². The first-order valence-corrected chi connectivity index (χ1v) is 26.2. The van der Waals surface area contributed by atoms with Crippen LogP contribution in [0.2, 0.25) is 0 Å². The molecule has 0 bridgehead atoms. The van der Waals surface area contributed by atoms with E-state index in [-0.39, 0.29) is 0 Å². The van der Waals surface area contributed by atoms with Gasteiger partial charge in [-0.3, -0.25) is 9.97 Å². The second kappa shape index (κ2) is 56.6. The Morgan fingerprint density at radius 3 is 0.682 bits per heavy atom. The standard InChI is InChI=1S/C8H10.2C7H9N.2C6H8O.2C6H8S.7C2H6/c1-7-5-3-4-6-8(7)2;2*1-6-4-3-5-8-7(6)2;4*1-5-3-4-7-6(5)2;7*1-2/h3-6H,1-2H3;2*3-5H,1-2H3;4*3-4H,1-2H3;7*1-2H3. The first kappa shape index (κ1) is 75.8. The number of hydrogen-bond donors (Lipinski definition) is 0. The van der Waals surface area contributed by atoms with E-state index in [0.717, 1.165) is 22.9 Å². The van der Waals surface area contributed by atoms with E-state index in [1.54, 1.807) is 35.2 Å². The normalized spacial score (nSPS) is 8.00. The molecule has 0 N–H and O–H groups in total. The van der Waals surface area contributed by atoms with E-state index in [9.17, 15) is 0 Å². The fourth-order valence-corrected chi connectivity index (χ4v) is 5.05. The lowest BCUT2D eigenvalue weighted by molar-refractivity contribution is 0.531. The van der Waals surface area contributed by atoms with Crippen LogP contribution in [0.1, 0.15) is 174 Å². The molecule has 0 saturated heterocycles. The first-order valence-electron chi connectivity index (χ1n) is 24.4. The molecule has 66 heavy (non-hydrogen) atoms. The Kier molecular flexibility index (Phi) is 65.0. The Bertz CT molecular complexity index is 1570. The van der Waals surface area contributed by atoms with Gasteiger partial charge in [0.25, 0.3) is 0 Å². The fourth-order valence-electron chi connectivity index (χ4n) is 3.59. The lowest BCUT2D eigenvalue weighted by atomic mass is 10.1. The van der Waals surface area contributed by atoms with Crippen LogP contribution in [0, 0.1) is 96.9 Å². The number of aryl methyl sites for hydroxylation is 14. The Hall–Kier alpha value is -4.52. The van der Waals surface area contributed by atoms with E-state index in [4.69, 9.17) is 8.83 Å². The highest BCUT2D eigenvalue weighted by Gasteiger charge is 1.91. The predicted molar refractivity (Wildman–Crippen MR) is 307 cm³/mol. The van der Waals surface area contributed by atoms with Gasteiger partial charge in [-0.15, -0.1) is 22.7 Å². The number of rotatable bonds is 0. The molecular formula is C60H102N2O2S2. The van der Waals surface area contributed by atoms with Crippen LogP contribution in [-0.2, 0) is 0 Å². The maximum absolute atomic E-state index is 4.96. The zero-order valence-electron chi connectivity index (χ0n) is 47.9. The molecule has 0 amide bonds. The molecule has 6 heteroatoms. The van der Waals surface area contributed by atoms with E-state index in [1.807, 2.05) is 175 Å². The van der Waals surface area contributed by atoms with Crippen molar-refractivity contribution in [1.29, 1.82) is 0 Å². The molecule has 0 fully saturated rings. The van der Waals surface area contributed by atoms with Gasteiger partial charge in [0.05, 0.1) is 12.5 Å². The summed E-state index contributed by atoms with van der Waals surface area (Å²) in [7, 11) is 0. The molecule has 0 saturated carbocycles. The van der Waals surface area contributed by atoms with E-state index in [1.165, 1.54) is 54.3 Å². The van der Waals surface area contributed by atoms with Crippen LogP contribution in [0.25, 0.3) is 0 Å². The van der Waals surface area contributed by atoms with Gasteiger partial charge in [0.2, 0.25) is 0 Å². The largest absolute Gasteiger partial charge is 0.469 e. The number of thiophene rings is 2. The molecule has 0 aliphatic carbocycles. The Balaban J connectivity index is -0.000000118. The second-order valence-corrected chi connectivity index (χ2v) is 14.8. The maximum Gasteiger partial charge on any atom is 0.103 e. The topological polar surface area (TPSA) is 52.1 Å². The minimum Gasteiger partial charge on any atom is -0.469 e. The van der Waals surface area contributed by atoms with Crippen LogP contribution in [0.15, 0.2) is 117 Å². The number of pyridine rings is 2. The van der Waals surface area contributed by atoms with Gasteiger partial charge in [0.15, 0.2) is 0 Å². The van der Waals surface area contributed by atoms with Crippen molar-refractivity contribution in [2.24, 2.45) is 0 Å². The third-order valence-electron chi connectivity index (χ3n) is 8.44.